The van der Waals surface area contributed by atoms with Gasteiger partial charge in [-0.25, -0.2) is 0 Å². The van der Waals surface area contributed by atoms with Gasteiger partial charge in [0.25, 0.3) is 0 Å². The Kier molecular flexibility index (Phi) is 4.78. The molecule has 2 rings (SSSR count). The van der Waals surface area contributed by atoms with Crippen molar-refractivity contribution in [3.8, 4) is 0 Å². The monoisotopic (exact) mass is 250 g/mol. The molecule has 1 aliphatic rings. The molecular weight excluding hydrogens is 224 g/mol. The van der Waals surface area contributed by atoms with E-state index >= 15 is 0 Å². The summed E-state index contributed by atoms with van der Waals surface area (Å²) in [6.45, 7) is 9.77. The molecule has 0 radical (unpaired) electrons. The first-order valence-corrected chi connectivity index (χ1v) is 7.11. The number of aryl methyl sites for hydroxylation is 2. The molecule has 0 saturated carbocycles. The van der Waals surface area contributed by atoms with Crippen molar-refractivity contribution in [2.45, 2.75) is 39.8 Å². The highest BCUT2D eigenvalue weighted by Crippen LogP contribution is 2.14. The van der Waals surface area contributed by atoms with Gasteiger partial charge in [-0.1, -0.05) is 0 Å². The first kappa shape index (κ1) is 13.6. The topological polar surface area (TPSA) is 33.1 Å². The van der Waals surface area contributed by atoms with Gasteiger partial charge in [-0.15, -0.1) is 0 Å². The van der Waals surface area contributed by atoms with E-state index in [-0.39, 0.29) is 0 Å². The first-order chi connectivity index (χ1) is 8.69. The van der Waals surface area contributed by atoms with Crippen LogP contribution in [0.3, 0.4) is 0 Å². The van der Waals surface area contributed by atoms with Crippen LogP contribution >= 0.6 is 0 Å². The fourth-order valence-electron chi connectivity index (χ4n) is 2.75. The summed E-state index contributed by atoms with van der Waals surface area (Å²) in [6, 6.07) is 0. The number of piperidine rings is 1. The van der Waals surface area contributed by atoms with Crippen LogP contribution in [0.15, 0.2) is 6.20 Å². The van der Waals surface area contributed by atoms with Gasteiger partial charge in [-0.3, -0.25) is 4.68 Å². The molecule has 0 spiro atoms. The van der Waals surface area contributed by atoms with Gasteiger partial charge >= 0.3 is 0 Å². The summed E-state index contributed by atoms with van der Waals surface area (Å²) < 4.78 is 2.03. The van der Waals surface area contributed by atoms with Gasteiger partial charge < -0.3 is 10.2 Å². The van der Waals surface area contributed by atoms with E-state index in [0.717, 1.165) is 19.0 Å². The van der Waals surface area contributed by atoms with Crippen LogP contribution in [0.2, 0.25) is 0 Å². The average molecular weight is 250 g/mol. The molecule has 1 N–H and O–H groups in total. The molecular formula is C14H26N4. The molecule has 102 valence electrons. The predicted molar refractivity (Wildman–Crippen MR) is 74.6 cm³/mol. The maximum atomic E-state index is 4.51. The highest BCUT2D eigenvalue weighted by Gasteiger charge is 2.16. The van der Waals surface area contributed by atoms with Gasteiger partial charge in [0.2, 0.25) is 0 Å². The Morgan fingerprint density at radius 2 is 2.39 bits per heavy atom. The zero-order chi connectivity index (χ0) is 13.0. The lowest BCUT2D eigenvalue weighted by atomic mass is 9.99. The summed E-state index contributed by atoms with van der Waals surface area (Å²) in [6.07, 6.45) is 4.88. The van der Waals surface area contributed by atoms with E-state index in [1.165, 1.54) is 43.7 Å². The lowest BCUT2D eigenvalue weighted by Gasteiger charge is -2.27. The Morgan fingerprint density at radius 3 is 3.00 bits per heavy atom. The molecule has 1 atom stereocenters. The number of hydrogen-bond acceptors (Lipinski definition) is 3. The smallest absolute Gasteiger partial charge is 0.0638 e. The zero-order valence-electron chi connectivity index (χ0n) is 11.9. The Hall–Kier alpha value is -0.870. The molecule has 1 aromatic rings. The Morgan fingerprint density at radius 1 is 1.56 bits per heavy atom. The Labute approximate surface area is 110 Å². The van der Waals surface area contributed by atoms with Gasteiger partial charge in [-0.05, 0) is 52.7 Å². The minimum absolute atomic E-state index is 0.810. The van der Waals surface area contributed by atoms with Crippen molar-refractivity contribution in [3.05, 3.63) is 17.5 Å². The van der Waals surface area contributed by atoms with Crippen LogP contribution in [-0.2, 0) is 13.1 Å². The predicted octanol–water partition coefficient (Wildman–Crippen LogP) is 1.64. The quantitative estimate of drug-likeness (QED) is 0.862. The molecule has 0 aliphatic carbocycles. The van der Waals surface area contributed by atoms with Crippen LogP contribution in [0.25, 0.3) is 0 Å². The van der Waals surface area contributed by atoms with Crippen LogP contribution in [0.4, 0.5) is 0 Å². The van der Waals surface area contributed by atoms with Gasteiger partial charge in [-0.2, -0.15) is 5.10 Å². The van der Waals surface area contributed by atoms with E-state index < -0.39 is 0 Å². The summed E-state index contributed by atoms with van der Waals surface area (Å²) in [5.74, 6) is 0.810. The fourth-order valence-corrected chi connectivity index (χ4v) is 2.75. The molecule has 0 unspecified atom stereocenters. The van der Waals surface area contributed by atoms with Crippen molar-refractivity contribution in [2.75, 3.05) is 26.7 Å². The molecule has 1 saturated heterocycles. The van der Waals surface area contributed by atoms with Gasteiger partial charge in [0.05, 0.1) is 5.69 Å². The summed E-state index contributed by atoms with van der Waals surface area (Å²) >= 11 is 0. The second kappa shape index (κ2) is 6.34. The van der Waals surface area contributed by atoms with Crippen LogP contribution < -0.4 is 5.32 Å². The average Bonchev–Trinajstić information content (AvgIpc) is 2.71. The van der Waals surface area contributed by atoms with E-state index in [9.17, 15) is 0 Å². The Bertz CT molecular complexity index is 366. The Balaban J connectivity index is 1.85. The van der Waals surface area contributed by atoms with Crippen molar-refractivity contribution in [3.63, 3.8) is 0 Å². The second-order valence-corrected chi connectivity index (χ2v) is 5.50. The third-order valence-electron chi connectivity index (χ3n) is 3.78. The lowest BCUT2D eigenvalue weighted by molar-refractivity contribution is 0.237. The van der Waals surface area contributed by atoms with Gasteiger partial charge in [0, 0.05) is 31.4 Å². The molecule has 1 fully saturated rings. The number of nitrogens with zero attached hydrogens (tertiary/aromatic N) is 3. The summed E-state index contributed by atoms with van der Waals surface area (Å²) in [5, 5.41) is 7.99. The third-order valence-corrected chi connectivity index (χ3v) is 3.78. The van der Waals surface area contributed by atoms with Crippen molar-refractivity contribution in [2.24, 2.45) is 5.92 Å². The maximum absolute atomic E-state index is 4.51. The molecule has 18 heavy (non-hydrogen) atoms. The number of rotatable bonds is 5. The molecule has 1 aromatic heterocycles. The maximum Gasteiger partial charge on any atom is 0.0638 e. The molecule has 2 heterocycles. The summed E-state index contributed by atoms with van der Waals surface area (Å²) in [5.41, 5.74) is 2.54. The molecule has 1 aliphatic heterocycles. The molecule has 0 aromatic carbocycles. The normalized spacial score (nSPS) is 20.6. The number of nitrogens with one attached hydrogen (secondary N) is 1. The molecule has 4 heteroatoms. The van der Waals surface area contributed by atoms with Gasteiger partial charge in [0.1, 0.15) is 0 Å². The SMILES string of the molecule is CCn1cc(CN(C)C[C@@H]2CCCNC2)c(C)n1. The minimum atomic E-state index is 0.810. The number of aromatic nitrogens is 2. The van der Waals surface area contributed by atoms with Crippen molar-refractivity contribution in [1.29, 1.82) is 0 Å². The lowest BCUT2D eigenvalue weighted by Crippen LogP contribution is -2.36. The van der Waals surface area contributed by atoms with Crippen molar-refractivity contribution >= 4 is 0 Å². The van der Waals surface area contributed by atoms with Crippen LogP contribution in [0.1, 0.15) is 31.0 Å². The van der Waals surface area contributed by atoms with Crippen LogP contribution in [0, 0.1) is 12.8 Å². The fraction of sp³-hybridized carbons (Fsp3) is 0.786. The van der Waals surface area contributed by atoms with E-state index in [0.29, 0.717) is 0 Å². The minimum Gasteiger partial charge on any atom is -0.316 e. The van der Waals surface area contributed by atoms with Crippen LogP contribution in [0.5, 0.6) is 0 Å². The highest BCUT2D eigenvalue weighted by molar-refractivity contribution is 5.15. The summed E-state index contributed by atoms with van der Waals surface area (Å²) in [4.78, 5) is 2.43. The first-order valence-electron chi connectivity index (χ1n) is 7.11. The molecule has 0 amide bonds. The largest absolute Gasteiger partial charge is 0.316 e. The summed E-state index contributed by atoms with van der Waals surface area (Å²) in [7, 11) is 2.22. The zero-order valence-corrected chi connectivity index (χ0v) is 11.9. The van der Waals surface area contributed by atoms with E-state index in [1.54, 1.807) is 0 Å². The van der Waals surface area contributed by atoms with E-state index in [1.807, 2.05) is 4.68 Å². The number of hydrogen-bond donors (Lipinski definition) is 1. The third kappa shape index (κ3) is 3.56. The molecule has 4 nitrogen and oxygen atoms in total. The standard InChI is InChI=1S/C14H26N4/c1-4-18-11-14(12(2)16-18)10-17(3)9-13-6-5-7-15-8-13/h11,13,15H,4-10H2,1-3H3/t13-/m1/s1. The van der Waals surface area contributed by atoms with Gasteiger partial charge in [0.15, 0.2) is 0 Å². The molecule has 0 bridgehead atoms. The van der Waals surface area contributed by atoms with Crippen LogP contribution in [-0.4, -0.2) is 41.4 Å². The van der Waals surface area contributed by atoms with E-state index in [2.05, 4.69) is 42.4 Å². The highest BCUT2D eigenvalue weighted by atomic mass is 15.3. The van der Waals surface area contributed by atoms with Crippen molar-refractivity contribution in [1.82, 2.24) is 20.0 Å². The van der Waals surface area contributed by atoms with E-state index in [4.69, 9.17) is 0 Å². The second-order valence-electron chi connectivity index (χ2n) is 5.50. The van der Waals surface area contributed by atoms with Crippen molar-refractivity contribution < 1.29 is 0 Å².